The third-order valence-corrected chi connectivity index (χ3v) is 6.69. The molecular weight excluding hydrogens is 436 g/mol. The minimum absolute atomic E-state index is 0.0105. The summed E-state index contributed by atoms with van der Waals surface area (Å²) >= 11 is 1.54. The molecule has 0 unspecified atom stereocenters. The molecule has 0 atom stereocenters. The predicted molar refractivity (Wildman–Crippen MR) is 120 cm³/mol. The first-order chi connectivity index (χ1) is 14.7. The van der Waals surface area contributed by atoms with Crippen LogP contribution in [-0.2, 0) is 26.1 Å². The number of ether oxygens (including phenoxy) is 1. The van der Waals surface area contributed by atoms with E-state index < -0.39 is 22.6 Å². The van der Waals surface area contributed by atoms with Gasteiger partial charge in [0, 0.05) is 17.6 Å². The SMILES string of the molecule is Cc1ccc(NS(=O)(=O)c2ccc(C(=O)OCC(=O)N(C)Cc3cccs3)cc2)cc1. The van der Waals surface area contributed by atoms with Crippen LogP contribution in [0.5, 0.6) is 0 Å². The molecule has 0 aliphatic heterocycles. The van der Waals surface area contributed by atoms with Gasteiger partial charge in [-0.25, -0.2) is 13.2 Å². The number of esters is 1. The number of carbonyl (C=O) groups excluding carboxylic acids is 2. The lowest BCUT2D eigenvalue weighted by Gasteiger charge is -2.16. The van der Waals surface area contributed by atoms with Crippen LogP contribution in [0.25, 0.3) is 0 Å². The minimum Gasteiger partial charge on any atom is -0.452 e. The number of likely N-dealkylation sites (N-methyl/N-ethyl adjacent to an activating group) is 1. The van der Waals surface area contributed by atoms with Crippen molar-refractivity contribution in [1.82, 2.24) is 4.90 Å². The quantitative estimate of drug-likeness (QED) is 0.520. The van der Waals surface area contributed by atoms with Crippen molar-refractivity contribution in [3.63, 3.8) is 0 Å². The van der Waals surface area contributed by atoms with Crippen LogP contribution in [-0.4, -0.2) is 38.8 Å². The summed E-state index contributed by atoms with van der Waals surface area (Å²) in [5, 5.41) is 1.92. The van der Waals surface area contributed by atoms with Gasteiger partial charge in [-0.3, -0.25) is 9.52 Å². The molecule has 1 heterocycles. The van der Waals surface area contributed by atoms with Gasteiger partial charge in [0.25, 0.3) is 15.9 Å². The van der Waals surface area contributed by atoms with E-state index in [-0.39, 0.29) is 16.4 Å². The van der Waals surface area contributed by atoms with Crippen LogP contribution in [0.15, 0.2) is 70.9 Å². The molecule has 0 fully saturated rings. The molecule has 0 spiro atoms. The van der Waals surface area contributed by atoms with E-state index in [0.717, 1.165) is 10.4 Å². The average molecular weight is 459 g/mol. The molecule has 0 saturated heterocycles. The van der Waals surface area contributed by atoms with Gasteiger partial charge < -0.3 is 9.64 Å². The molecule has 162 valence electrons. The van der Waals surface area contributed by atoms with Crippen molar-refractivity contribution in [3.8, 4) is 0 Å². The van der Waals surface area contributed by atoms with Crippen molar-refractivity contribution in [2.24, 2.45) is 0 Å². The summed E-state index contributed by atoms with van der Waals surface area (Å²) < 4.78 is 32.6. The van der Waals surface area contributed by atoms with Crippen LogP contribution in [0.4, 0.5) is 5.69 Å². The zero-order valence-corrected chi connectivity index (χ0v) is 18.7. The molecule has 0 aliphatic rings. The first kappa shape index (κ1) is 22.5. The van der Waals surface area contributed by atoms with E-state index in [9.17, 15) is 18.0 Å². The predicted octanol–water partition coefficient (Wildman–Crippen LogP) is 3.67. The Kier molecular flexibility index (Phi) is 7.09. The highest BCUT2D eigenvalue weighted by Gasteiger charge is 2.17. The molecule has 1 amide bonds. The number of nitrogens with one attached hydrogen (secondary N) is 1. The highest BCUT2D eigenvalue weighted by Crippen LogP contribution is 2.17. The molecule has 9 heteroatoms. The molecule has 2 aromatic carbocycles. The second-order valence-corrected chi connectivity index (χ2v) is 9.62. The summed E-state index contributed by atoms with van der Waals surface area (Å²) in [5.74, 6) is -1.03. The maximum atomic E-state index is 12.5. The van der Waals surface area contributed by atoms with Gasteiger partial charge in [0.05, 0.1) is 17.0 Å². The molecule has 3 aromatic rings. The Balaban J connectivity index is 1.56. The number of rotatable bonds is 8. The van der Waals surface area contributed by atoms with E-state index in [4.69, 9.17) is 4.74 Å². The number of hydrogen-bond acceptors (Lipinski definition) is 6. The summed E-state index contributed by atoms with van der Waals surface area (Å²) in [6.07, 6.45) is 0. The Morgan fingerprint density at radius 3 is 2.32 bits per heavy atom. The summed E-state index contributed by atoms with van der Waals surface area (Å²) in [7, 11) is -2.16. The van der Waals surface area contributed by atoms with Crippen LogP contribution >= 0.6 is 11.3 Å². The van der Waals surface area contributed by atoms with Gasteiger partial charge in [0.1, 0.15) is 0 Å². The molecule has 7 nitrogen and oxygen atoms in total. The summed E-state index contributed by atoms with van der Waals surface area (Å²) in [4.78, 5) is 26.9. The van der Waals surface area contributed by atoms with E-state index in [1.165, 1.54) is 40.5 Å². The number of sulfonamides is 1. The van der Waals surface area contributed by atoms with Crippen molar-refractivity contribution in [2.75, 3.05) is 18.4 Å². The van der Waals surface area contributed by atoms with Crippen molar-refractivity contribution in [3.05, 3.63) is 82.0 Å². The monoisotopic (exact) mass is 458 g/mol. The average Bonchev–Trinajstić information content (AvgIpc) is 3.26. The molecule has 0 saturated carbocycles. The lowest BCUT2D eigenvalue weighted by Crippen LogP contribution is -2.30. The van der Waals surface area contributed by atoms with Crippen LogP contribution in [0.3, 0.4) is 0 Å². The second kappa shape index (κ2) is 9.76. The van der Waals surface area contributed by atoms with Gasteiger partial charge in [-0.05, 0) is 54.8 Å². The van der Waals surface area contributed by atoms with E-state index in [1.807, 2.05) is 24.4 Å². The van der Waals surface area contributed by atoms with E-state index >= 15 is 0 Å². The fraction of sp³-hybridized carbons (Fsp3) is 0.182. The van der Waals surface area contributed by atoms with Crippen LogP contribution in [0, 0.1) is 6.92 Å². The van der Waals surface area contributed by atoms with Gasteiger partial charge >= 0.3 is 5.97 Å². The van der Waals surface area contributed by atoms with E-state index in [2.05, 4.69) is 4.72 Å². The normalized spacial score (nSPS) is 11.0. The molecule has 0 radical (unpaired) electrons. The maximum absolute atomic E-state index is 12.5. The third-order valence-electron chi connectivity index (χ3n) is 4.43. The van der Waals surface area contributed by atoms with Crippen molar-refractivity contribution in [2.45, 2.75) is 18.4 Å². The first-order valence-corrected chi connectivity index (χ1v) is 11.7. The highest BCUT2D eigenvalue weighted by atomic mass is 32.2. The first-order valence-electron chi connectivity index (χ1n) is 9.37. The van der Waals surface area contributed by atoms with Gasteiger partial charge in [-0.15, -0.1) is 11.3 Å². The van der Waals surface area contributed by atoms with E-state index in [1.54, 1.807) is 31.3 Å². The second-order valence-electron chi connectivity index (χ2n) is 6.90. The number of hydrogen-bond donors (Lipinski definition) is 1. The third kappa shape index (κ3) is 6.16. The number of amides is 1. The summed E-state index contributed by atoms with van der Waals surface area (Å²) in [6, 6.07) is 16.1. The lowest BCUT2D eigenvalue weighted by atomic mass is 10.2. The maximum Gasteiger partial charge on any atom is 0.338 e. The molecule has 0 bridgehead atoms. The Hall–Kier alpha value is -3.17. The number of aryl methyl sites for hydroxylation is 1. The summed E-state index contributed by atoms with van der Waals surface area (Å²) in [5.41, 5.74) is 1.62. The zero-order chi connectivity index (χ0) is 22.4. The Morgan fingerprint density at radius 1 is 1.03 bits per heavy atom. The van der Waals surface area contributed by atoms with Crippen LogP contribution in [0.1, 0.15) is 20.8 Å². The van der Waals surface area contributed by atoms with Crippen molar-refractivity contribution >= 4 is 38.9 Å². The number of anilines is 1. The van der Waals surface area contributed by atoms with Crippen LogP contribution < -0.4 is 4.72 Å². The fourth-order valence-corrected chi connectivity index (χ4v) is 4.47. The molecule has 1 N–H and O–H groups in total. The number of thiophene rings is 1. The topological polar surface area (TPSA) is 92.8 Å². The van der Waals surface area contributed by atoms with Crippen LogP contribution in [0.2, 0.25) is 0 Å². The van der Waals surface area contributed by atoms with Crippen molar-refractivity contribution in [1.29, 1.82) is 0 Å². The minimum atomic E-state index is -3.79. The Labute approximate surface area is 185 Å². The number of nitrogens with zero attached hydrogens (tertiary/aromatic N) is 1. The number of carbonyl (C=O) groups is 2. The molecule has 31 heavy (non-hydrogen) atoms. The van der Waals surface area contributed by atoms with Gasteiger partial charge in [0.2, 0.25) is 0 Å². The Morgan fingerprint density at radius 2 is 1.71 bits per heavy atom. The van der Waals surface area contributed by atoms with Gasteiger partial charge in [-0.2, -0.15) is 0 Å². The molecule has 1 aromatic heterocycles. The fourth-order valence-electron chi connectivity index (χ4n) is 2.65. The molecule has 3 rings (SSSR count). The van der Waals surface area contributed by atoms with E-state index in [0.29, 0.717) is 12.2 Å². The van der Waals surface area contributed by atoms with Gasteiger partial charge in [0.15, 0.2) is 6.61 Å². The Bertz CT molecular complexity index is 1140. The van der Waals surface area contributed by atoms with Crippen molar-refractivity contribution < 1.29 is 22.7 Å². The van der Waals surface area contributed by atoms with Gasteiger partial charge in [-0.1, -0.05) is 23.8 Å². The summed E-state index contributed by atoms with van der Waals surface area (Å²) in [6.45, 7) is 1.95. The molecular formula is C22H22N2O5S2. The smallest absolute Gasteiger partial charge is 0.338 e. The highest BCUT2D eigenvalue weighted by molar-refractivity contribution is 7.92. The molecule has 0 aliphatic carbocycles. The zero-order valence-electron chi connectivity index (χ0n) is 17.1. The number of benzene rings is 2. The lowest BCUT2D eigenvalue weighted by molar-refractivity contribution is -0.133. The standard InChI is InChI=1S/C22H22N2O5S2/c1-16-5-9-18(10-6-16)23-31(27,28)20-11-7-17(8-12-20)22(26)29-15-21(25)24(2)14-19-4-3-13-30-19/h3-13,23H,14-15H2,1-2H3. The largest absolute Gasteiger partial charge is 0.452 e.